The summed E-state index contributed by atoms with van der Waals surface area (Å²) in [7, 11) is 3.81. The van der Waals surface area contributed by atoms with E-state index in [0.717, 1.165) is 43.3 Å². The Morgan fingerprint density at radius 2 is 1.80 bits per heavy atom. The molecule has 0 bridgehead atoms. The van der Waals surface area contributed by atoms with E-state index in [-0.39, 0.29) is 5.91 Å². The molecule has 4 rings (SSSR count). The molecule has 0 aliphatic carbocycles. The lowest BCUT2D eigenvalue weighted by Crippen LogP contribution is -3.12. The summed E-state index contributed by atoms with van der Waals surface area (Å²) in [5, 5.41) is 11.8. The number of nitrogens with zero attached hydrogens (tertiary/aromatic N) is 3. The van der Waals surface area contributed by atoms with Crippen LogP contribution in [0.3, 0.4) is 0 Å². The van der Waals surface area contributed by atoms with Crippen LogP contribution in [-0.4, -0.2) is 56.4 Å². The standard InChI is InChI=1S/C23H25N5O2/c1-27-12-14-28(15-13-27)22-11-10-21(25-26-22)18-4-3-5-19(16-18)24-23(29)17-6-8-20(30-2)9-7-17/h3-11,16H,12-15H2,1-2H3,(H,24,29)/p+1. The van der Waals surface area contributed by atoms with Gasteiger partial charge in [0.25, 0.3) is 5.91 Å². The molecule has 1 aliphatic heterocycles. The minimum atomic E-state index is -0.173. The number of aromatic nitrogens is 2. The maximum absolute atomic E-state index is 12.5. The van der Waals surface area contributed by atoms with Gasteiger partial charge in [-0.2, -0.15) is 0 Å². The zero-order valence-electron chi connectivity index (χ0n) is 17.3. The monoisotopic (exact) mass is 404 g/mol. The van der Waals surface area contributed by atoms with Gasteiger partial charge >= 0.3 is 0 Å². The maximum Gasteiger partial charge on any atom is 0.255 e. The first-order valence-electron chi connectivity index (χ1n) is 10.1. The molecule has 1 fully saturated rings. The van der Waals surface area contributed by atoms with E-state index in [1.807, 2.05) is 36.4 Å². The van der Waals surface area contributed by atoms with Crippen LogP contribution in [0.1, 0.15) is 10.4 Å². The van der Waals surface area contributed by atoms with Crippen LogP contribution in [0.2, 0.25) is 0 Å². The predicted molar refractivity (Wildman–Crippen MR) is 117 cm³/mol. The molecule has 7 nitrogen and oxygen atoms in total. The third kappa shape index (κ3) is 4.58. The molecule has 1 aromatic heterocycles. The molecule has 2 heterocycles. The first-order chi connectivity index (χ1) is 14.6. The van der Waals surface area contributed by atoms with Crippen molar-refractivity contribution in [3.8, 4) is 17.0 Å². The van der Waals surface area contributed by atoms with E-state index in [4.69, 9.17) is 4.74 Å². The Labute approximate surface area is 176 Å². The van der Waals surface area contributed by atoms with Gasteiger partial charge in [0.05, 0.1) is 46.0 Å². The molecule has 154 valence electrons. The van der Waals surface area contributed by atoms with Crippen LogP contribution in [-0.2, 0) is 0 Å². The predicted octanol–water partition coefficient (Wildman–Crippen LogP) is 1.74. The number of benzene rings is 2. The van der Waals surface area contributed by atoms with Crippen LogP contribution in [0, 0.1) is 0 Å². The van der Waals surface area contributed by atoms with Crippen molar-refractivity contribution in [2.75, 3.05) is 50.6 Å². The lowest BCUT2D eigenvalue weighted by Gasteiger charge is -2.30. The molecule has 7 heteroatoms. The number of quaternary nitrogens is 1. The van der Waals surface area contributed by atoms with E-state index >= 15 is 0 Å². The van der Waals surface area contributed by atoms with E-state index in [0.29, 0.717) is 17.0 Å². The summed E-state index contributed by atoms with van der Waals surface area (Å²) in [6, 6.07) is 18.6. The zero-order valence-corrected chi connectivity index (χ0v) is 17.3. The normalized spacial score (nSPS) is 14.4. The Hall–Kier alpha value is -3.45. The summed E-state index contributed by atoms with van der Waals surface area (Å²) in [6.45, 7) is 4.21. The Morgan fingerprint density at radius 1 is 1.03 bits per heavy atom. The molecule has 2 N–H and O–H groups in total. The van der Waals surface area contributed by atoms with E-state index in [1.54, 1.807) is 36.3 Å². The van der Waals surface area contributed by atoms with E-state index in [9.17, 15) is 4.79 Å². The van der Waals surface area contributed by atoms with Crippen LogP contribution in [0.4, 0.5) is 11.5 Å². The smallest absolute Gasteiger partial charge is 0.255 e. The van der Waals surface area contributed by atoms with E-state index in [2.05, 4.69) is 27.5 Å². The second-order valence-electron chi connectivity index (χ2n) is 7.48. The number of likely N-dealkylation sites (N-methyl/N-ethyl adjacent to an activating group) is 1. The summed E-state index contributed by atoms with van der Waals surface area (Å²) < 4.78 is 5.13. The number of nitrogens with one attached hydrogen (secondary N) is 2. The minimum Gasteiger partial charge on any atom is -0.497 e. The van der Waals surface area contributed by atoms with Gasteiger partial charge in [-0.25, -0.2) is 0 Å². The van der Waals surface area contributed by atoms with E-state index < -0.39 is 0 Å². The number of ether oxygens (including phenoxy) is 1. The number of hydrogen-bond acceptors (Lipinski definition) is 5. The number of methoxy groups -OCH3 is 1. The number of carbonyl (C=O) groups is 1. The highest BCUT2D eigenvalue weighted by Gasteiger charge is 2.18. The van der Waals surface area contributed by atoms with Crippen molar-refractivity contribution in [3.63, 3.8) is 0 Å². The molecular formula is C23H26N5O2+. The summed E-state index contributed by atoms with van der Waals surface area (Å²) in [5.74, 6) is 1.46. The number of amides is 1. The van der Waals surface area contributed by atoms with Crippen molar-refractivity contribution in [1.29, 1.82) is 0 Å². The SMILES string of the molecule is COc1ccc(C(=O)Nc2cccc(-c3ccc(N4CC[NH+](C)CC4)nn3)c2)cc1. The molecule has 1 amide bonds. The Kier molecular flexibility index (Phi) is 5.90. The van der Waals surface area contributed by atoms with Gasteiger partial charge in [0.2, 0.25) is 0 Å². The Bertz CT molecular complexity index is 997. The molecule has 0 radical (unpaired) electrons. The summed E-state index contributed by atoms with van der Waals surface area (Å²) >= 11 is 0. The molecule has 2 aromatic carbocycles. The largest absolute Gasteiger partial charge is 0.497 e. The highest BCUT2D eigenvalue weighted by molar-refractivity contribution is 6.04. The van der Waals surface area contributed by atoms with E-state index in [1.165, 1.54) is 0 Å². The molecule has 1 saturated heterocycles. The fourth-order valence-corrected chi connectivity index (χ4v) is 3.47. The van der Waals surface area contributed by atoms with Gasteiger partial charge in [-0.05, 0) is 48.5 Å². The van der Waals surface area contributed by atoms with Gasteiger partial charge < -0.3 is 19.9 Å². The number of rotatable bonds is 5. The molecule has 0 saturated carbocycles. The van der Waals surface area contributed by atoms with Gasteiger partial charge in [-0.1, -0.05) is 12.1 Å². The number of anilines is 2. The molecule has 1 aliphatic rings. The molecule has 30 heavy (non-hydrogen) atoms. The number of carbonyl (C=O) groups excluding carboxylic acids is 1. The van der Waals surface area contributed by atoms with Crippen LogP contribution in [0.15, 0.2) is 60.7 Å². The van der Waals surface area contributed by atoms with Crippen LogP contribution in [0.5, 0.6) is 5.75 Å². The Balaban J connectivity index is 1.45. The molecule has 0 unspecified atom stereocenters. The Morgan fingerprint density at radius 3 is 2.47 bits per heavy atom. The quantitative estimate of drug-likeness (QED) is 0.678. The zero-order chi connectivity index (χ0) is 20.9. The van der Waals surface area contributed by atoms with Crippen LogP contribution in [0.25, 0.3) is 11.3 Å². The summed E-state index contributed by atoms with van der Waals surface area (Å²) in [6.07, 6.45) is 0. The van der Waals surface area contributed by atoms with Crippen molar-refractivity contribution in [3.05, 3.63) is 66.2 Å². The van der Waals surface area contributed by atoms with Crippen molar-refractivity contribution < 1.29 is 14.4 Å². The van der Waals surface area contributed by atoms with Crippen LogP contribution < -0.4 is 19.9 Å². The summed E-state index contributed by atoms with van der Waals surface area (Å²) in [5.41, 5.74) is 2.96. The average molecular weight is 404 g/mol. The second kappa shape index (κ2) is 8.92. The number of piperazine rings is 1. The topological polar surface area (TPSA) is 71.8 Å². The van der Waals surface area contributed by atoms with Gasteiger partial charge in [0.1, 0.15) is 5.75 Å². The van der Waals surface area contributed by atoms with Gasteiger partial charge in [0, 0.05) is 16.8 Å². The maximum atomic E-state index is 12.5. The second-order valence-corrected chi connectivity index (χ2v) is 7.48. The summed E-state index contributed by atoms with van der Waals surface area (Å²) in [4.78, 5) is 16.3. The molecular weight excluding hydrogens is 378 g/mol. The van der Waals surface area contributed by atoms with Crippen molar-refractivity contribution in [2.24, 2.45) is 0 Å². The molecule has 0 atom stereocenters. The number of hydrogen-bond donors (Lipinski definition) is 2. The fourth-order valence-electron chi connectivity index (χ4n) is 3.47. The van der Waals surface area contributed by atoms with Gasteiger partial charge in [-0.15, -0.1) is 10.2 Å². The first-order valence-corrected chi connectivity index (χ1v) is 10.1. The molecule has 3 aromatic rings. The average Bonchev–Trinajstić information content (AvgIpc) is 2.80. The van der Waals surface area contributed by atoms with Gasteiger partial charge in [0.15, 0.2) is 5.82 Å². The first kappa shape index (κ1) is 19.8. The van der Waals surface area contributed by atoms with Crippen LogP contribution >= 0.6 is 0 Å². The highest BCUT2D eigenvalue weighted by atomic mass is 16.5. The fraction of sp³-hybridized carbons (Fsp3) is 0.261. The molecule has 0 spiro atoms. The van der Waals surface area contributed by atoms with Crippen molar-refractivity contribution >= 4 is 17.4 Å². The van der Waals surface area contributed by atoms with Crippen molar-refractivity contribution in [1.82, 2.24) is 10.2 Å². The highest BCUT2D eigenvalue weighted by Crippen LogP contribution is 2.22. The van der Waals surface area contributed by atoms with Gasteiger partial charge in [-0.3, -0.25) is 4.79 Å². The minimum absolute atomic E-state index is 0.173. The third-order valence-corrected chi connectivity index (χ3v) is 5.36. The third-order valence-electron chi connectivity index (χ3n) is 5.36. The van der Waals surface area contributed by atoms with Crippen molar-refractivity contribution in [2.45, 2.75) is 0 Å². The lowest BCUT2D eigenvalue weighted by atomic mass is 10.1. The lowest BCUT2D eigenvalue weighted by molar-refractivity contribution is -0.880.